The van der Waals surface area contributed by atoms with Gasteiger partial charge in [-0.25, -0.2) is 0 Å². The summed E-state index contributed by atoms with van der Waals surface area (Å²) in [7, 11) is 0. The second-order valence-electron chi connectivity index (χ2n) is 6.49. The van der Waals surface area contributed by atoms with Crippen molar-refractivity contribution in [2.75, 3.05) is 13.1 Å². The molecular formula is C18H18ClN3O2. The zero-order chi connectivity index (χ0) is 16.7. The molecular weight excluding hydrogens is 326 g/mol. The molecule has 124 valence electrons. The highest BCUT2D eigenvalue weighted by Gasteiger charge is 2.46. The van der Waals surface area contributed by atoms with Crippen LogP contribution in [0.4, 0.5) is 0 Å². The van der Waals surface area contributed by atoms with Crippen molar-refractivity contribution >= 4 is 17.5 Å². The molecule has 2 aromatic rings. The molecule has 5 nitrogen and oxygen atoms in total. The van der Waals surface area contributed by atoms with Gasteiger partial charge in [0.15, 0.2) is 0 Å². The Morgan fingerprint density at radius 3 is 2.71 bits per heavy atom. The topological polar surface area (TPSA) is 54.3 Å². The van der Waals surface area contributed by atoms with Crippen LogP contribution in [0.5, 0.6) is 0 Å². The molecule has 1 saturated heterocycles. The van der Waals surface area contributed by atoms with Gasteiger partial charge in [-0.1, -0.05) is 41.9 Å². The molecule has 1 spiro atoms. The van der Waals surface area contributed by atoms with Gasteiger partial charge in [-0.2, -0.15) is 0 Å². The van der Waals surface area contributed by atoms with Crippen LogP contribution >= 0.6 is 11.6 Å². The SMILES string of the molecule is O=C1NC2(CCCN(Cc3ccccc3)C2)n2c1ccc(Cl)c2=O. The number of nitrogens with one attached hydrogen (secondary N) is 1. The highest BCUT2D eigenvalue weighted by molar-refractivity contribution is 6.30. The van der Waals surface area contributed by atoms with E-state index in [0.717, 1.165) is 25.9 Å². The van der Waals surface area contributed by atoms with Gasteiger partial charge in [-0.3, -0.25) is 19.1 Å². The Balaban J connectivity index is 1.68. The average molecular weight is 344 g/mol. The first-order chi connectivity index (χ1) is 11.6. The lowest BCUT2D eigenvalue weighted by Crippen LogP contribution is -2.57. The maximum atomic E-state index is 12.6. The molecule has 1 unspecified atom stereocenters. The minimum atomic E-state index is -0.693. The highest BCUT2D eigenvalue weighted by atomic mass is 35.5. The summed E-state index contributed by atoms with van der Waals surface area (Å²) in [6, 6.07) is 13.3. The predicted octanol–water partition coefficient (Wildman–Crippen LogP) is 2.19. The summed E-state index contributed by atoms with van der Waals surface area (Å²) < 4.78 is 1.56. The van der Waals surface area contributed by atoms with Gasteiger partial charge in [0.25, 0.3) is 11.5 Å². The summed E-state index contributed by atoms with van der Waals surface area (Å²) in [6.45, 7) is 2.33. The molecule has 1 N–H and O–H groups in total. The lowest BCUT2D eigenvalue weighted by atomic mass is 9.97. The van der Waals surface area contributed by atoms with Crippen LogP contribution < -0.4 is 10.9 Å². The monoisotopic (exact) mass is 343 g/mol. The molecule has 3 heterocycles. The molecule has 2 aliphatic rings. The molecule has 0 bridgehead atoms. The Kier molecular flexibility index (Phi) is 3.70. The molecule has 6 heteroatoms. The molecule has 1 aromatic carbocycles. The first-order valence-electron chi connectivity index (χ1n) is 8.10. The van der Waals surface area contributed by atoms with E-state index < -0.39 is 5.66 Å². The number of piperidine rings is 1. The Bertz CT molecular complexity index is 849. The summed E-state index contributed by atoms with van der Waals surface area (Å²) in [5.41, 5.74) is 0.624. The summed E-state index contributed by atoms with van der Waals surface area (Å²) in [4.78, 5) is 27.2. The number of halogens is 1. The van der Waals surface area contributed by atoms with Crippen molar-refractivity contribution in [3.05, 3.63) is 69.1 Å². The number of aromatic nitrogens is 1. The normalized spacial score (nSPS) is 23.3. The van der Waals surface area contributed by atoms with Crippen LogP contribution in [-0.2, 0) is 12.2 Å². The van der Waals surface area contributed by atoms with Gasteiger partial charge in [-0.05, 0) is 37.1 Å². The fourth-order valence-electron chi connectivity index (χ4n) is 3.83. The fourth-order valence-corrected chi connectivity index (χ4v) is 3.98. The van der Waals surface area contributed by atoms with E-state index in [1.807, 2.05) is 18.2 Å². The molecule has 1 fully saturated rings. The van der Waals surface area contributed by atoms with E-state index in [1.54, 1.807) is 10.6 Å². The molecule has 1 aromatic heterocycles. The van der Waals surface area contributed by atoms with Crippen LogP contribution in [0.15, 0.2) is 47.3 Å². The van der Waals surface area contributed by atoms with Crippen molar-refractivity contribution in [3.63, 3.8) is 0 Å². The van der Waals surface area contributed by atoms with Crippen molar-refractivity contribution in [2.24, 2.45) is 0 Å². The Labute approximate surface area is 144 Å². The minimum Gasteiger partial charge on any atom is -0.326 e. The van der Waals surface area contributed by atoms with Crippen molar-refractivity contribution in [2.45, 2.75) is 25.0 Å². The lowest BCUT2D eigenvalue weighted by Gasteiger charge is -2.41. The van der Waals surface area contributed by atoms with Crippen LogP contribution in [0, 0.1) is 0 Å². The number of rotatable bonds is 2. The van der Waals surface area contributed by atoms with Gasteiger partial charge >= 0.3 is 0 Å². The number of hydrogen-bond donors (Lipinski definition) is 1. The number of amides is 1. The van der Waals surface area contributed by atoms with Crippen LogP contribution in [0.1, 0.15) is 28.9 Å². The van der Waals surface area contributed by atoms with Gasteiger partial charge in [0.05, 0.1) is 0 Å². The molecule has 24 heavy (non-hydrogen) atoms. The number of carbonyl (C=O) groups excluding carboxylic acids is 1. The quantitative estimate of drug-likeness (QED) is 0.909. The van der Waals surface area contributed by atoms with Gasteiger partial charge in [-0.15, -0.1) is 0 Å². The molecule has 2 aliphatic heterocycles. The summed E-state index contributed by atoms with van der Waals surface area (Å²) in [6.07, 6.45) is 1.64. The number of nitrogens with zero attached hydrogens (tertiary/aromatic N) is 2. The second-order valence-corrected chi connectivity index (χ2v) is 6.90. The summed E-state index contributed by atoms with van der Waals surface area (Å²) in [5, 5.41) is 3.19. The van der Waals surface area contributed by atoms with Crippen LogP contribution in [-0.4, -0.2) is 28.5 Å². The van der Waals surface area contributed by atoms with Crippen LogP contribution in [0.25, 0.3) is 0 Å². The molecule has 0 saturated carbocycles. The highest BCUT2D eigenvalue weighted by Crippen LogP contribution is 2.32. The van der Waals surface area contributed by atoms with Gasteiger partial charge in [0.1, 0.15) is 16.4 Å². The Morgan fingerprint density at radius 2 is 1.92 bits per heavy atom. The van der Waals surface area contributed by atoms with Gasteiger partial charge < -0.3 is 5.32 Å². The zero-order valence-electron chi connectivity index (χ0n) is 13.2. The van der Waals surface area contributed by atoms with E-state index >= 15 is 0 Å². The third kappa shape index (κ3) is 2.44. The van der Waals surface area contributed by atoms with Crippen molar-refractivity contribution in [1.82, 2.24) is 14.8 Å². The maximum absolute atomic E-state index is 12.6. The van der Waals surface area contributed by atoms with Crippen molar-refractivity contribution < 1.29 is 4.79 Å². The van der Waals surface area contributed by atoms with Crippen molar-refractivity contribution in [3.8, 4) is 0 Å². The first-order valence-corrected chi connectivity index (χ1v) is 8.48. The average Bonchev–Trinajstić information content (AvgIpc) is 2.84. The van der Waals surface area contributed by atoms with E-state index in [-0.39, 0.29) is 16.5 Å². The second kappa shape index (κ2) is 5.76. The largest absolute Gasteiger partial charge is 0.326 e. The Hall–Kier alpha value is -2.11. The van der Waals surface area contributed by atoms with Gasteiger partial charge in [0.2, 0.25) is 0 Å². The van der Waals surface area contributed by atoms with Crippen LogP contribution in [0.3, 0.4) is 0 Å². The molecule has 0 aliphatic carbocycles. The number of pyridine rings is 1. The summed E-state index contributed by atoms with van der Waals surface area (Å²) in [5.74, 6) is -0.203. The molecule has 1 atom stereocenters. The van der Waals surface area contributed by atoms with Crippen LogP contribution in [0.2, 0.25) is 5.02 Å². The predicted molar refractivity (Wildman–Crippen MR) is 92.1 cm³/mol. The maximum Gasteiger partial charge on any atom is 0.271 e. The standard InChI is InChI=1S/C18H18ClN3O2/c19-14-7-8-15-16(23)20-18(22(15)17(14)24)9-4-10-21(12-18)11-13-5-2-1-3-6-13/h1-3,5-8H,4,9-12H2,(H,20,23). The molecule has 4 rings (SSSR count). The number of fused-ring (bicyclic) bond motifs is 2. The van der Waals surface area contributed by atoms with E-state index in [9.17, 15) is 9.59 Å². The molecule has 0 radical (unpaired) electrons. The van der Waals surface area contributed by atoms with E-state index in [0.29, 0.717) is 12.2 Å². The first kappa shape index (κ1) is 15.4. The summed E-state index contributed by atoms with van der Waals surface area (Å²) >= 11 is 6.02. The van der Waals surface area contributed by atoms with E-state index in [4.69, 9.17) is 11.6 Å². The number of hydrogen-bond acceptors (Lipinski definition) is 3. The number of carbonyl (C=O) groups is 1. The lowest BCUT2D eigenvalue weighted by molar-refractivity contribution is 0.0640. The smallest absolute Gasteiger partial charge is 0.271 e. The number of likely N-dealkylation sites (tertiary alicyclic amines) is 1. The third-order valence-corrected chi connectivity index (χ3v) is 5.13. The molecule has 1 amide bonds. The third-order valence-electron chi connectivity index (χ3n) is 4.84. The van der Waals surface area contributed by atoms with Gasteiger partial charge in [0, 0.05) is 13.1 Å². The number of benzene rings is 1. The minimum absolute atomic E-state index is 0.148. The van der Waals surface area contributed by atoms with Crippen molar-refractivity contribution in [1.29, 1.82) is 0 Å². The Morgan fingerprint density at radius 1 is 1.12 bits per heavy atom. The van der Waals surface area contributed by atoms with E-state index in [2.05, 4.69) is 22.3 Å². The zero-order valence-corrected chi connectivity index (χ0v) is 13.9. The van der Waals surface area contributed by atoms with E-state index in [1.165, 1.54) is 11.6 Å². The fraction of sp³-hybridized carbons (Fsp3) is 0.333.